The van der Waals surface area contributed by atoms with E-state index in [1.165, 1.54) is 19.3 Å². The standard InChI is InChI=1S/C10H19N/c1-9(2)7-4-5-10(3,6-7)8(9)11/h7-8H,4-6,11H2,1-3H3/t7-,8-,10?/m1/s1. The summed E-state index contributed by atoms with van der Waals surface area (Å²) in [5.74, 6) is 0.905. The number of fused-ring (bicyclic) bond motifs is 2. The Hall–Kier alpha value is -0.0400. The smallest absolute Gasteiger partial charge is 0.0147 e. The molecule has 2 aliphatic rings. The Bertz CT molecular complexity index is 181. The summed E-state index contributed by atoms with van der Waals surface area (Å²) in [5.41, 5.74) is 7.12. The van der Waals surface area contributed by atoms with Crippen molar-refractivity contribution in [3.05, 3.63) is 0 Å². The highest BCUT2D eigenvalue weighted by molar-refractivity contribution is 5.10. The summed E-state index contributed by atoms with van der Waals surface area (Å²) in [6.45, 7) is 7.05. The molecule has 0 aliphatic heterocycles. The highest BCUT2D eigenvalue weighted by Crippen LogP contribution is 2.61. The second-order valence-electron chi connectivity index (χ2n) is 5.39. The molecule has 0 radical (unpaired) electrons. The van der Waals surface area contributed by atoms with E-state index in [0.29, 0.717) is 16.9 Å². The van der Waals surface area contributed by atoms with Crippen LogP contribution in [0.2, 0.25) is 0 Å². The van der Waals surface area contributed by atoms with Gasteiger partial charge in [-0.1, -0.05) is 20.8 Å². The monoisotopic (exact) mass is 153 g/mol. The van der Waals surface area contributed by atoms with Crippen molar-refractivity contribution in [3.63, 3.8) is 0 Å². The van der Waals surface area contributed by atoms with E-state index in [-0.39, 0.29) is 0 Å². The third-order valence-electron chi connectivity index (χ3n) is 4.38. The number of nitrogens with two attached hydrogens (primary N) is 1. The van der Waals surface area contributed by atoms with Gasteiger partial charge in [0.2, 0.25) is 0 Å². The van der Waals surface area contributed by atoms with Gasteiger partial charge in [0.1, 0.15) is 0 Å². The average Bonchev–Trinajstić information content (AvgIpc) is 2.36. The van der Waals surface area contributed by atoms with E-state index in [4.69, 9.17) is 5.73 Å². The van der Waals surface area contributed by atoms with Crippen LogP contribution in [0.1, 0.15) is 40.0 Å². The summed E-state index contributed by atoms with van der Waals surface area (Å²) in [5, 5.41) is 0. The van der Waals surface area contributed by atoms with Crippen molar-refractivity contribution >= 4 is 0 Å². The van der Waals surface area contributed by atoms with Crippen LogP contribution in [0.4, 0.5) is 0 Å². The minimum absolute atomic E-state index is 0.410. The lowest BCUT2D eigenvalue weighted by molar-refractivity contribution is 0.141. The Balaban J connectivity index is 2.34. The van der Waals surface area contributed by atoms with Crippen LogP contribution in [-0.2, 0) is 0 Å². The Labute approximate surface area is 69.4 Å². The van der Waals surface area contributed by atoms with Crippen LogP contribution >= 0.6 is 0 Å². The molecule has 3 atom stereocenters. The highest BCUT2D eigenvalue weighted by atomic mass is 14.8. The molecule has 0 heterocycles. The van der Waals surface area contributed by atoms with Crippen LogP contribution in [0, 0.1) is 16.7 Å². The maximum absolute atomic E-state index is 6.23. The molecule has 0 aromatic rings. The molecular formula is C10H19N. The van der Waals surface area contributed by atoms with Gasteiger partial charge in [0.15, 0.2) is 0 Å². The molecule has 11 heavy (non-hydrogen) atoms. The molecule has 0 aromatic carbocycles. The van der Waals surface area contributed by atoms with Gasteiger partial charge in [0, 0.05) is 6.04 Å². The van der Waals surface area contributed by atoms with E-state index in [0.717, 1.165) is 5.92 Å². The molecule has 0 saturated heterocycles. The summed E-state index contributed by atoms with van der Waals surface area (Å²) in [6.07, 6.45) is 4.15. The lowest BCUT2D eigenvalue weighted by Crippen LogP contribution is -2.46. The molecule has 2 aliphatic carbocycles. The first kappa shape index (κ1) is 7.60. The van der Waals surface area contributed by atoms with Gasteiger partial charge in [0.25, 0.3) is 0 Å². The Morgan fingerprint density at radius 2 is 1.91 bits per heavy atom. The van der Waals surface area contributed by atoms with Gasteiger partial charge >= 0.3 is 0 Å². The molecule has 2 saturated carbocycles. The van der Waals surface area contributed by atoms with Crippen molar-refractivity contribution in [3.8, 4) is 0 Å². The fraction of sp³-hybridized carbons (Fsp3) is 1.00. The molecule has 1 nitrogen and oxygen atoms in total. The fourth-order valence-corrected chi connectivity index (χ4v) is 3.34. The average molecular weight is 153 g/mol. The minimum Gasteiger partial charge on any atom is -0.327 e. The maximum Gasteiger partial charge on any atom is 0.0147 e. The van der Waals surface area contributed by atoms with Gasteiger partial charge in [-0.2, -0.15) is 0 Å². The van der Waals surface area contributed by atoms with Crippen molar-refractivity contribution in [2.45, 2.75) is 46.1 Å². The number of rotatable bonds is 0. The van der Waals surface area contributed by atoms with Crippen molar-refractivity contribution in [2.24, 2.45) is 22.5 Å². The van der Waals surface area contributed by atoms with E-state index in [9.17, 15) is 0 Å². The predicted octanol–water partition coefficient (Wildman–Crippen LogP) is 2.16. The topological polar surface area (TPSA) is 26.0 Å². The van der Waals surface area contributed by atoms with E-state index in [1.807, 2.05) is 0 Å². The van der Waals surface area contributed by atoms with Gasteiger partial charge in [-0.3, -0.25) is 0 Å². The first-order valence-corrected chi connectivity index (χ1v) is 4.72. The van der Waals surface area contributed by atoms with Gasteiger partial charge < -0.3 is 5.73 Å². The SMILES string of the molecule is CC12CC[C@H](C1)C(C)(C)[C@H]2N. The van der Waals surface area contributed by atoms with E-state index < -0.39 is 0 Å². The number of hydrogen-bond donors (Lipinski definition) is 1. The van der Waals surface area contributed by atoms with Crippen LogP contribution in [0.25, 0.3) is 0 Å². The van der Waals surface area contributed by atoms with Gasteiger partial charge in [0.05, 0.1) is 0 Å². The Morgan fingerprint density at radius 1 is 1.27 bits per heavy atom. The van der Waals surface area contributed by atoms with E-state index in [2.05, 4.69) is 20.8 Å². The normalized spacial score (nSPS) is 53.5. The minimum atomic E-state index is 0.410. The molecular weight excluding hydrogens is 134 g/mol. The zero-order valence-electron chi connectivity index (χ0n) is 7.85. The van der Waals surface area contributed by atoms with Crippen molar-refractivity contribution in [1.82, 2.24) is 0 Å². The van der Waals surface area contributed by atoms with Crippen LogP contribution in [0.5, 0.6) is 0 Å². The Morgan fingerprint density at radius 3 is 2.18 bits per heavy atom. The second-order valence-corrected chi connectivity index (χ2v) is 5.39. The van der Waals surface area contributed by atoms with Crippen molar-refractivity contribution < 1.29 is 0 Å². The maximum atomic E-state index is 6.23. The highest BCUT2D eigenvalue weighted by Gasteiger charge is 2.57. The summed E-state index contributed by atoms with van der Waals surface area (Å²) in [7, 11) is 0. The molecule has 1 heteroatoms. The van der Waals surface area contributed by atoms with Crippen LogP contribution in [0.15, 0.2) is 0 Å². The molecule has 2 N–H and O–H groups in total. The summed E-state index contributed by atoms with van der Waals surface area (Å²) < 4.78 is 0. The van der Waals surface area contributed by atoms with Gasteiger partial charge in [-0.05, 0) is 36.0 Å². The summed E-state index contributed by atoms with van der Waals surface area (Å²) in [6, 6.07) is 0.439. The van der Waals surface area contributed by atoms with Crippen molar-refractivity contribution in [2.75, 3.05) is 0 Å². The van der Waals surface area contributed by atoms with Crippen LogP contribution in [0.3, 0.4) is 0 Å². The third kappa shape index (κ3) is 0.752. The van der Waals surface area contributed by atoms with E-state index >= 15 is 0 Å². The zero-order chi connectivity index (χ0) is 8.28. The number of hydrogen-bond acceptors (Lipinski definition) is 1. The third-order valence-corrected chi connectivity index (χ3v) is 4.38. The molecule has 0 spiro atoms. The first-order valence-electron chi connectivity index (χ1n) is 4.72. The zero-order valence-corrected chi connectivity index (χ0v) is 7.85. The Kier molecular flexibility index (Phi) is 1.26. The van der Waals surface area contributed by atoms with Gasteiger partial charge in [-0.15, -0.1) is 0 Å². The lowest BCUT2D eigenvalue weighted by Gasteiger charge is -2.40. The molecule has 0 amide bonds. The van der Waals surface area contributed by atoms with Crippen molar-refractivity contribution in [1.29, 1.82) is 0 Å². The van der Waals surface area contributed by atoms with Crippen LogP contribution in [-0.4, -0.2) is 6.04 Å². The molecule has 64 valence electrons. The quantitative estimate of drug-likeness (QED) is 0.567. The van der Waals surface area contributed by atoms with Gasteiger partial charge in [-0.25, -0.2) is 0 Å². The first-order chi connectivity index (χ1) is 4.97. The molecule has 2 fully saturated rings. The molecule has 2 rings (SSSR count). The fourth-order valence-electron chi connectivity index (χ4n) is 3.34. The predicted molar refractivity (Wildman–Crippen MR) is 47.2 cm³/mol. The summed E-state index contributed by atoms with van der Waals surface area (Å²) >= 11 is 0. The second kappa shape index (κ2) is 1.82. The molecule has 0 aromatic heterocycles. The molecule has 1 unspecified atom stereocenters. The van der Waals surface area contributed by atoms with Crippen LogP contribution < -0.4 is 5.73 Å². The van der Waals surface area contributed by atoms with E-state index in [1.54, 1.807) is 0 Å². The molecule has 2 bridgehead atoms. The summed E-state index contributed by atoms with van der Waals surface area (Å²) in [4.78, 5) is 0. The largest absolute Gasteiger partial charge is 0.327 e. The lowest BCUT2D eigenvalue weighted by atomic mass is 9.69.